The van der Waals surface area contributed by atoms with E-state index in [0.717, 1.165) is 5.56 Å². The summed E-state index contributed by atoms with van der Waals surface area (Å²) in [4.78, 5) is 12.8. The molecular formula is C21H25ClN2O5S. The summed E-state index contributed by atoms with van der Waals surface area (Å²) < 4.78 is 38.3. The molecule has 1 saturated heterocycles. The largest absolute Gasteiger partial charge is 0.497 e. The van der Waals surface area contributed by atoms with E-state index in [1.165, 1.54) is 24.6 Å². The Kier molecular flexibility index (Phi) is 6.90. The Labute approximate surface area is 182 Å². The number of nitrogens with zero attached hydrogens (tertiary/aromatic N) is 1. The average molecular weight is 453 g/mol. The molecule has 2 aromatic rings. The van der Waals surface area contributed by atoms with Gasteiger partial charge >= 0.3 is 0 Å². The highest BCUT2D eigenvalue weighted by Crippen LogP contribution is 2.33. The van der Waals surface area contributed by atoms with Gasteiger partial charge in [-0.15, -0.1) is 0 Å². The maximum atomic E-state index is 13.3. The van der Waals surface area contributed by atoms with Crippen molar-refractivity contribution in [2.75, 3.05) is 32.6 Å². The van der Waals surface area contributed by atoms with Crippen molar-refractivity contribution in [3.8, 4) is 11.5 Å². The topological polar surface area (TPSA) is 84.9 Å². The summed E-state index contributed by atoms with van der Waals surface area (Å²) in [6.45, 7) is 2.31. The van der Waals surface area contributed by atoms with Crippen LogP contribution in [-0.4, -0.2) is 45.9 Å². The summed E-state index contributed by atoms with van der Waals surface area (Å²) in [7, 11) is -0.976. The number of hydrogen-bond acceptors (Lipinski definition) is 5. The van der Waals surface area contributed by atoms with Gasteiger partial charge in [-0.25, -0.2) is 8.42 Å². The van der Waals surface area contributed by atoms with Crippen LogP contribution in [0.5, 0.6) is 11.5 Å². The molecule has 30 heavy (non-hydrogen) atoms. The van der Waals surface area contributed by atoms with Crippen molar-refractivity contribution >= 4 is 33.2 Å². The van der Waals surface area contributed by atoms with Crippen LogP contribution in [-0.2, 0) is 14.8 Å². The number of rotatable bonds is 6. The van der Waals surface area contributed by atoms with Gasteiger partial charge in [-0.05, 0) is 49.6 Å². The number of halogens is 1. The van der Waals surface area contributed by atoms with Crippen molar-refractivity contribution in [3.63, 3.8) is 0 Å². The normalized spacial score (nSPS) is 17.4. The minimum atomic E-state index is -3.86. The van der Waals surface area contributed by atoms with E-state index in [-0.39, 0.29) is 23.1 Å². The highest BCUT2D eigenvalue weighted by molar-refractivity contribution is 7.89. The molecule has 0 aromatic heterocycles. The fraction of sp³-hybridized carbons (Fsp3) is 0.381. The lowest BCUT2D eigenvalue weighted by Crippen LogP contribution is -2.43. The molecule has 162 valence electrons. The number of anilines is 1. The molecule has 0 saturated carbocycles. The van der Waals surface area contributed by atoms with Gasteiger partial charge in [-0.3, -0.25) is 4.79 Å². The summed E-state index contributed by atoms with van der Waals surface area (Å²) >= 11 is 6.13. The van der Waals surface area contributed by atoms with Crippen LogP contribution in [0, 0.1) is 12.8 Å². The van der Waals surface area contributed by atoms with Crippen molar-refractivity contribution in [2.45, 2.75) is 24.7 Å². The fourth-order valence-electron chi connectivity index (χ4n) is 3.41. The molecule has 7 nitrogen and oxygen atoms in total. The molecule has 1 aliphatic heterocycles. The predicted molar refractivity (Wildman–Crippen MR) is 116 cm³/mol. The van der Waals surface area contributed by atoms with E-state index in [1.54, 1.807) is 24.3 Å². The first-order valence-electron chi connectivity index (χ1n) is 9.55. The maximum absolute atomic E-state index is 13.3. The first-order chi connectivity index (χ1) is 14.3. The number of ether oxygens (including phenoxy) is 2. The third-order valence-corrected chi connectivity index (χ3v) is 7.48. The highest BCUT2D eigenvalue weighted by atomic mass is 35.5. The lowest BCUT2D eigenvalue weighted by atomic mass is 9.98. The lowest BCUT2D eigenvalue weighted by Gasteiger charge is -2.31. The number of methoxy groups -OCH3 is 2. The van der Waals surface area contributed by atoms with Crippen LogP contribution >= 0.6 is 11.6 Å². The second-order valence-electron chi connectivity index (χ2n) is 7.17. The number of benzene rings is 2. The number of hydrogen-bond donors (Lipinski definition) is 1. The summed E-state index contributed by atoms with van der Waals surface area (Å²) in [5.74, 6) is -0.0498. The van der Waals surface area contributed by atoms with Crippen LogP contribution in [0.25, 0.3) is 0 Å². The Morgan fingerprint density at radius 3 is 2.60 bits per heavy atom. The summed E-state index contributed by atoms with van der Waals surface area (Å²) in [5.41, 5.74) is 1.50. The summed E-state index contributed by atoms with van der Waals surface area (Å²) in [5, 5.41) is 3.40. The van der Waals surface area contributed by atoms with Crippen molar-refractivity contribution < 1.29 is 22.7 Å². The van der Waals surface area contributed by atoms with E-state index in [9.17, 15) is 13.2 Å². The molecule has 0 unspecified atom stereocenters. The minimum absolute atomic E-state index is 0.0238. The van der Waals surface area contributed by atoms with Gasteiger partial charge in [-0.1, -0.05) is 17.7 Å². The zero-order chi connectivity index (χ0) is 21.9. The number of piperidine rings is 1. The van der Waals surface area contributed by atoms with E-state index >= 15 is 0 Å². The van der Waals surface area contributed by atoms with Gasteiger partial charge in [0.05, 0.1) is 20.1 Å². The number of nitrogens with one attached hydrogen (secondary N) is 1. The first kappa shape index (κ1) is 22.4. The zero-order valence-electron chi connectivity index (χ0n) is 17.1. The fourth-order valence-corrected chi connectivity index (χ4v) is 5.29. The van der Waals surface area contributed by atoms with Gasteiger partial charge in [0.25, 0.3) is 0 Å². The van der Waals surface area contributed by atoms with E-state index in [2.05, 4.69) is 5.32 Å². The lowest BCUT2D eigenvalue weighted by molar-refractivity contribution is -0.120. The van der Waals surface area contributed by atoms with Crippen LogP contribution in [0.15, 0.2) is 41.3 Å². The zero-order valence-corrected chi connectivity index (χ0v) is 18.7. The second kappa shape index (κ2) is 9.24. The van der Waals surface area contributed by atoms with Crippen LogP contribution in [0.2, 0.25) is 5.02 Å². The molecule has 1 fully saturated rings. The van der Waals surface area contributed by atoms with Crippen molar-refractivity contribution in [1.29, 1.82) is 0 Å². The van der Waals surface area contributed by atoms with Gasteiger partial charge < -0.3 is 14.8 Å². The Bertz CT molecular complexity index is 1040. The first-order valence-corrected chi connectivity index (χ1v) is 11.4. The van der Waals surface area contributed by atoms with Crippen LogP contribution < -0.4 is 14.8 Å². The van der Waals surface area contributed by atoms with Crippen LogP contribution in [0.4, 0.5) is 5.69 Å². The third-order valence-electron chi connectivity index (χ3n) is 5.18. The molecule has 3 rings (SSSR count). The van der Waals surface area contributed by atoms with Crippen LogP contribution in [0.3, 0.4) is 0 Å². The minimum Gasteiger partial charge on any atom is -0.497 e. The highest BCUT2D eigenvalue weighted by Gasteiger charge is 2.35. The molecule has 1 heterocycles. The maximum Gasteiger partial charge on any atom is 0.246 e. The molecular weight excluding hydrogens is 428 g/mol. The molecule has 1 amide bonds. The van der Waals surface area contributed by atoms with E-state index in [0.29, 0.717) is 35.8 Å². The van der Waals surface area contributed by atoms with Crippen molar-refractivity contribution in [1.82, 2.24) is 4.31 Å². The average Bonchev–Trinajstić information content (AvgIpc) is 2.75. The van der Waals surface area contributed by atoms with Gasteiger partial charge in [0.1, 0.15) is 16.4 Å². The molecule has 1 atom stereocenters. The van der Waals surface area contributed by atoms with Gasteiger partial charge in [0.15, 0.2) is 0 Å². The SMILES string of the molecule is COc1ccc(OC)c(S(=O)(=O)N2CCC[C@@H](C(=O)Nc3ccc(C)c(Cl)c3)C2)c1. The number of carbonyl (C=O) groups excluding carboxylic acids is 1. The molecule has 0 aliphatic carbocycles. The monoisotopic (exact) mass is 452 g/mol. The molecule has 1 aliphatic rings. The second-order valence-corrected chi connectivity index (χ2v) is 9.49. The Morgan fingerprint density at radius 2 is 1.93 bits per heavy atom. The van der Waals surface area contributed by atoms with E-state index in [1.807, 2.05) is 13.0 Å². The van der Waals surface area contributed by atoms with E-state index < -0.39 is 15.9 Å². The molecule has 0 radical (unpaired) electrons. The molecule has 0 spiro atoms. The Balaban J connectivity index is 1.79. The molecule has 1 N–H and O–H groups in total. The number of aryl methyl sites for hydroxylation is 1. The standard InChI is InChI=1S/C21H25ClN2O5S/c1-14-6-7-16(11-18(14)22)23-21(25)15-5-4-10-24(13-15)30(26,27)20-12-17(28-2)8-9-19(20)29-3/h6-9,11-12,15H,4-5,10,13H2,1-3H3,(H,23,25)/t15-/m1/s1. The Hall–Kier alpha value is -2.29. The quantitative estimate of drug-likeness (QED) is 0.722. The van der Waals surface area contributed by atoms with Crippen molar-refractivity contribution in [3.05, 3.63) is 47.0 Å². The number of amides is 1. The van der Waals surface area contributed by atoms with Gasteiger partial charge in [0.2, 0.25) is 15.9 Å². The predicted octanol–water partition coefficient (Wildman–Crippen LogP) is 3.71. The smallest absolute Gasteiger partial charge is 0.246 e. The molecule has 0 bridgehead atoms. The molecule has 9 heteroatoms. The number of sulfonamides is 1. The molecule has 2 aromatic carbocycles. The van der Waals surface area contributed by atoms with Gasteiger partial charge in [-0.2, -0.15) is 4.31 Å². The third kappa shape index (κ3) is 4.71. The van der Waals surface area contributed by atoms with E-state index in [4.69, 9.17) is 21.1 Å². The van der Waals surface area contributed by atoms with Crippen molar-refractivity contribution in [2.24, 2.45) is 5.92 Å². The number of carbonyl (C=O) groups is 1. The summed E-state index contributed by atoms with van der Waals surface area (Å²) in [6.07, 6.45) is 1.19. The summed E-state index contributed by atoms with van der Waals surface area (Å²) in [6, 6.07) is 9.92. The Morgan fingerprint density at radius 1 is 1.17 bits per heavy atom. The van der Waals surface area contributed by atoms with Gasteiger partial charge in [0, 0.05) is 29.9 Å². The van der Waals surface area contributed by atoms with Crippen LogP contribution in [0.1, 0.15) is 18.4 Å².